The van der Waals surface area contributed by atoms with E-state index >= 15 is 0 Å². The highest BCUT2D eigenvalue weighted by molar-refractivity contribution is 7.89. The quantitative estimate of drug-likeness (QED) is 0.525. The van der Waals surface area contributed by atoms with E-state index in [1.54, 1.807) is 23.4 Å². The van der Waals surface area contributed by atoms with Gasteiger partial charge in [0.15, 0.2) is 11.6 Å². The van der Waals surface area contributed by atoms with Gasteiger partial charge in [0.1, 0.15) is 5.82 Å². The zero-order valence-corrected chi connectivity index (χ0v) is 20.3. The third kappa shape index (κ3) is 6.77. The molecule has 1 aliphatic rings. The number of sulfonamides is 1. The summed E-state index contributed by atoms with van der Waals surface area (Å²) in [6.07, 6.45) is 2.22. The van der Waals surface area contributed by atoms with Crippen LogP contribution < -0.4 is 0 Å². The summed E-state index contributed by atoms with van der Waals surface area (Å²) in [7, 11) is -1.94. The second-order valence-electron chi connectivity index (χ2n) is 9.11. The highest BCUT2D eigenvalue weighted by Gasteiger charge is 2.34. The number of amides is 1. The minimum Gasteiger partial charge on any atom is -0.455 e. The average molecular weight is 457 g/mol. The van der Waals surface area contributed by atoms with Gasteiger partial charge in [-0.15, -0.1) is 0 Å². The van der Waals surface area contributed by atoms with Crippen molar-refractivity contribution in [3.05, 3.63) is 12.0 Å². The van der Waals surface area contributed by atoms with E-state index in [0.717, 1.165) is 0 Å². The van der Waals surface area contributed by atoms with Gasteiger partial charge in [-0.2, -0.15) is 4.31 Å². The van der Waals surface area contributed by atoms with Crippen LogP contribution in [0.2, 0.25) is 0 Å². The van der Waals surface area contributed by atoms with Gasteiger partial charge in [-0.05, 0) is 31.6 Å². The SMILES string of the molecule is Cc1nc(S(=O)(=O)N2CCC(C(=O)OCC(=O)N(CC(C)C)CC(C)C)CC2)cn1C. The molecule has 31 heavy (non-hydrogen) atoms. The molecule has 0 spiro atoms. The molecule has 0 N–H and O–H groups in total. The summed E-state index contributed by atoms with van der Waals surface area (Å²) >= 11 is 0. The Balaban J connectivity index is 1.88. The summed E-state index contributed by atoms with van der Waals surface area (Å²) in [6.45, 7) is 11.3. The number of hydrogen-bond donors (Lipinski definition) is 0. The van der Waals surface area contributed by atoms with Crippen LogP contribution in [0.5, 0.6) is 0 Å². The van der Waals surface area contributed by atoms with Gasteiger partial charge in [-0.3, -0.25) is 9.59 Å². The lowest BCUT2D eigenvalue weighted by Gasteiger charge is -2.30. The highest BCUT2D eigenvalue weighted by atomic mass is 32.2. The highest BCUT2D eigenvalue weighted by Crippen LogP contribution is 2.24. The van der Waals surface area contributed by atoms with E-state index in [9.17, 15) is 18.0 Å². The molecular weight excluding hydrogens is 420 g/mol. The summed E-state index contributed by atoms with van der Waals surface area (Å²) in [5.41, 5.74) is 0. The van der Waals surface area contributed by atoms with Crippen LogP contribution in [0, 0.1) is 24.7 Å². The van der Waals surface area contributed by atoms with Crippen molar-refractivity contribution >= 4 is 21.9 Å². The number of piperidine rings is 1. The molecule has 1 fully saturated rings. The minimum absolute atomic E-state index is 0.0227. The Morgan fingerprint density at radius 1 is 1.16 bits per heavy atom. The first kappa shape index (κ1) is 25.3. The molecule has 2 heterocycles. The van der Waals surface area contributed by atoms with Crippen molar-refractivity contribution in [2.75, 3.05) is 32.8 Å². The maximum Gasteiger partial charge on any atom is 0.309 e. The minimum atomic E-state index is -3.68. The van der Waals surface area contributed by atoms with Gasteiger partial charge >= 0.3 is 5.97 Å². The molecule has 2 rings (SSSR count). The standard InChI is InChI=1S/C21H36N4O5S/c1-15(2)11-24(12-16(3)4)20(26)14-30-21(27)18-7-9-25(10-8-18)31(28,29)19-13-23(6)17(5)22-19/h13,15-16,18H,7-12,14H2,1-6H3. The van der Waals surface area contributed by atoms with Crippen LogP contribution in [-0.2, 0) is 31.4 Å². The molecule has 1 amide bonds. The lowest BCUT2D eigenvalue weighted by atomic mass is 9.98. The van der Waals surface area contributed by atoms with Gasteiger partial charge < -0.3 is 14.2 Å². The molecule has 10 heteroatoms. The second kappa shape index (κ2) is 10.6. The Morgan fingerprint density at radius 3 is 2.16 bits per heavy atom. The molecular formula is C21H36N4O5S. The molecule has 1 aliphatic heterocycles. The molecule has 0 unspecified atom stereocenters. The van der Waals surface area contributed by atoms with Gasteiger partial charge in [0, 0.05) is 39.4 Å². The summed E-state index contributed by atoms with van der Waals surface area (Å²) < 4.78 is 33.9. The predicted octanol–water partition coefficient (Wildman–Crippen LogP) is 1.81. The summed E-state index contributed by atoms with van der Waals surface area (Å²) in [6, 6.07) is 0. The van der Waals surface area contributed by atoms with Crippen molar-refractivity contribution in [2.45, 2.75) is 52.5 Å². The van der Waals surface area contributed by atoms with Crippen molar-refractivity contribution in [3.63, 3.8) is 0 Å². The van der Waals surface area contributed by atoms with Crippen molar-refractivity contribution in [1.82, 2.24) is 18.8 Å². The lowest BCUT2D eigenvalue weighted by molar-refractivity contribution is -0.156. The van der Waals surface area contributed by atoms with E-state index in [0.29, 0.717) is 43.6 Å². The third-order valence-corrected chi connectivity index (χ3v) is 7.11. The average Bonchev–Trinajstić information content (AvgIpc) is 3.04. The first-order valence-electron chi connectivity index (χ1n) is 10.9. The molecule has 0 saturated carbocycles. The number of rotatable bonds is 9. The zero-order chi connectivity index (χ0) is 23.3. The fraction of sp³-hybridized carbons (Fsp3) is 0.762. The predicted molar refractivity (Wildman–Crippen MR) is 117 cm³/mol. The maximum absolute atomic E-state index is 12.8. The van der Waals surface area contributed by atoms with Crippen LogP contribution in [0.1, 0.15) is 46.4 Å². The van der Waals surface area contributed by atoms with Crippen molar-refractivity contribution in [3.8, 4) is 0 Å². The van der Waals surface area contributed by atoms with E-state index < -0.39 is 21.9 Å². The van der Waals surface area contributed by atoms with Crippen LogP contribution in [0.15, 0.2) is 11.2 Å². The summed E-state index contributed by atoms with van der Waals surface area (Å²) in [5, 5.41) is 0.0227. The largest absolute Gasteiger partial charge is 0.455 e. The zero-order valence-electron chi connectivity index (χ0n) is 19.5. The number of aromatic nitrogens is 2. The van der Waals surface area contributed by atoms with Crippen molar-refractivity contribution < 1.29 is 22.7 Å². The summed E-state index contributed by atoms with van der Waals surface area (Å²) in [4.78, 5) is 30.9. The Morgan fingerprint density at radius 2 is 1.71 bits per heavy atom. The van der Waals surface area contributed by atoms with Gasteiger partial charge in [-0.25, -0.2) is 13.4 Å². The maximum atomic E-state index is 12.8. The number of hydrogen-bond acceptors (Lipinski definition) is 6. The molecule has 0 aliphatic carbocycles. The van der Waals surface area contributed by atoms with Crippen LogP contribution in [-0.4, -0.2) is 71.8 Å². The topological polar surface area (TPSA) is 102 Å². The summed E-state index contributed by atoms with van der Waals surface area (Å²) in [5.74, 6) is 0.230. The smallest absolute Gasteiger partial charge is 0.309 e. The molecule has 0 atom stereocenters. The number of ether oxygens (including phenoxy) is 1. The van der Waals surface area contributed by atoms with Gasteiger partial charge in [0.2, 0.25) is 0 Å². The Bertz CT molecular complexity index is 841. The van der Waals surface area contributed by atoms with Crippen LogP contribution in [0.25, 0.3) is 0 Å². The number of carbonyl (C=O) groups excluding carboxylic acids is 2. The monoisotopic (exact) mass is 456 g/mol. The molecule has 176 valence electrons. The second-order valence-corrected chi connectivity index (χ2v) is 11.0. The molecule has 1 saturated heterocycles. The Hall–Kier alpha value is -1.94. The molecule has 1 aromatic rings. The number of imidazole rings is 1. The third-order valence-electron chi connectivity index (χ3n) is 5.34. The lowest BCUT2D eigenvalue weighted by Crippen LogP contribution is -2.42. The van der Waals surface area contributed by atoms with Crippen LogP contribution in [0.3, 0.4) is 0 Å². The Labute approximate surface area is 185 Å². The van der Waals surface area contributed by atoms with Gasteiger partial charge in [0.25, 0.3) is 15.9 Å². The first-order chi connectivity index (χ1) is 14.4. The fourth-order valence-corrected chi connectivity index (χ4v) is 5.11. The van der Waals surface area contributed by atoms with E-state index in [1.165, 1.54) is 10.5 Å². The Kier molecular flexibility index (Phi) is 8.65. The molecule has 0 radical (unpaired) electrons. The van der Waals surface area contributed by atoms with E-state index in [2.05, 4.69) is 4.98 Å². The van der Waals surface area contributed by atoms with Crippen molar-refractivity contribution in [2.24, 2.45) is 24.8 Å². The molecule has 9 nitrogen and oxygen atoms in total. The van der Waals surface area contributed by atoms with E-state index in [-0.39, 0.29) is 30.6 Å². The molecule has 0 aromatic carbocycles. The number of nitrogens with zero attached hydrogens (tertiary/aromatic N) is 4. The van der Waals surface area contributed by atoms with Crippen molar-refractivity contribution in [1.29, 1.82) is 0 Å². The fourth-order valence-electron chi connectivity index (χ4n) is 3.62. The van der Waals surface area contributed by atoms with E-state index in [1.807, 2.05) is 27.7 Å². The van der Waals surface area contributed by atoms with Crippen LogP contribution >= 0.6 is 0 Å². The number of carbonyl (C=O) groups is 2. The van der Waals surface area contributed by atoms with Gasteiger partial charge in [-0.1, -0.05) is 27.7 Å². The van der Waals surface area contributed by atoms with Crippen LogP contribution in [0.4, 0.5) is 0 Å². The molecule has 1 aromatic heterocycles. The first-order valence-corrected chi connectivity index (χ1v) is 12.3. The molecule has 0 bridgehead atoms. The number of esters is 1. The normalized spacial score (nSPS) is 16.1. The van der Waals surface area contributed by atoms with Gasteiger partial charge in [0.05, 0.1) is 5.92 Å². The van der Waals surface area contributed by atoms with E-state index in [4.69, 9.17) is 4.74 Å². The number of aryl methyl sites for hydroxylation is 2.